The zero-order valence-corrected chi connectivity index (χ0v) is 14.0. The highest BCUT2D eigenvalue weighted by atomic mass is 19.1. The number of hydrogen-bond acceptors (Lipinski definition) is 3. The van der Waals surface area contributed by atoms with Crippen molar-refractivity contribution in [3.63, 3.8) is 0 Å². The first-order valence-electron chi connectivity index (χ1n) is 8.18. The molecule has 0 radical (unpaired) electrons. The molecule has 1 heterocycles. The first kappa shape index (κ1) is 16.4. The number of nitrogens with one attached hydrogen (secondary N) is 1. The topological polar surface area (TPSA) is 50.9 Å². The van der Waals surface area contributed by atoms with E-state index in [9.17, 15) is 4.39 Å². The van der Waals surface area contributed by atoms with Crippen LogP contribution < -0.4 is 11.1 Å². The highest BCUT2D eigenvalue weighted by molar-refractivity contribution is 5.96. The van der Waals surface area contributed by atoms with Gasteiger partial charge in [-0.1, -0.05) is 38.1 Å². The van der Waals surface area contributed by atoms with Gasteiger partial charge in [0.05, 0.1) is 0 Å². The van der Waals surface area contributed by atoms with Crippen LogP contribution in [0.5, 0.6) is 0 Å². The molecular formula is C20H22FN3. The van der Waals surface area contributed by atoms with Crippen molar-refractivity contribution < 1.29 is 4.39 Å². The summed E-state index contributed by atoms with van der Waals surface area (Å²) in [5, 5.41) is 5.42. The third-order valence-corrected chi connectivity index (χ3v) is 4.03. The predicted octanol–water partition coefficient (Wildman–Crippen LogP) is 4.37. The van der Waals surface area contributed by atoms with Crippen molar-refractivity contribution in [2.45, 2.75) is 20.4 Å². The molecule has 4 heteroatoms. The summed E-state index contributed by atoms with van der Waals surface area (Å²) in [6.45, 7) is 6.06. The fourth-order valence-electron chi connectivity index (χ4n) is 2.81. The van der Waals surface area contributed by atoms with Gasteiger partial charge >= 0.3 is 0 Å². The van der Waals surface area contributed by atoms with E-state index in [-0.39, 0.29) is 5.82 Å². The van der Waals surface area contributed by atoms with E-state index >= 15 is 0 Å². The van der Waals surface area contributed by atoms with Gasteiger partial charge in [0.15, 0.2) is 0 Å². The van der Waals surface area contributed by atoms with Crippen LogP contribution in [0.15, 0.2) is 48.7 Å². The minimum absolute atomic E-state index is 0.245. The van der Waals surface area contributed by atoms with E-state index in [2.05, 4.69) is 24.1 Å². The third kappa shape index (κ3) is 3.54. The maximum Gasteiger partial charge on any atom is 0.131 e. The summed E-state index contributed by atoms with van der Waals surface area (Å²) in [5.41, 5.74) is 8.96. The quantitative estimate of drug-likeness (QED) is 0.733. The second kappa shape index (κ2) is 6.97. The first-order valence-corrected chi connectivity index (χ1v) is 8.18. The molecule has 1 aromatic heterocycles. The summed E-state index contributed by atoms with van der Waals surface area (Å²) in [5.74, 6) is 0.846. The summed E-state index contributed by atoms with van der Waals surface area (Å²) in [6.07, 6.45) is 1.83. The van der Waals surface area contributed by atoms with Crippen LogP contribution in [0.4, 0.5) is 10.2 Å². The Morgan fingerprint density at radius 3 is 2.62 bits per heavy atom. The third-order valence-electron chi connectivity index (χ3n) is 4.03. The Kier molecular flexibility index (Phi) is 4.76. The van der Waals surface area contributed by atoms with Crippen molar-refractivity contribution in [3.8, 4) is 11.1 Å². The second-order valence-electron chi connectivity index (χ2n) is 6.46. The Morgan fingerprint density at radius 1 is 1.08 bits per heavy atom. The second-order valence-corrected chi connectivity index (χ2v) is 6.46. The monoisotopic (exact) mass is 323 g/mol. The number of hydrogen-bond donors (Lipinski definition) is 2. The summed E-state index contributed by atoms with van der Waals surface area (Å²) < 4.78 is 13.5. The van der Waals surface area contributed by atoms with E-state index in [1.54, 1.807) is 6.07 Å². The molecule has 0 unspecified atom stereocenters. The van der Waals surface area contributed by atoms with Gasteiger partial charge in [-0.05, 0) is 52.7 Å². The number of nitrogens with two attached hydrogens (primary N) is 1. The first-order chi connectivity index (χ1) is 11.5. The summed E-state index contributed by atoms with van der Waals surface area (Å²) in [4.78, 5) is 4.32. The Bertz CT molecular complexity index is 859. The highest BCUT2D eigenvalue weighted by Gasteiger charge is 2.08. The number of halogens is 1. The lowest BCUT2D eigenvalue weighted by atomic mass is 9.99. The van der Waals surface area contributed by atoms with Crippen molar-refractivity contribution >= 4 is 16.6 Å². The smallest absolute Gasteiger partial charge is 0.131 e. The van der Waals surface area contributed by atoms with E-state index in [0.29, 0.717) is 11.7 Å². The lowest BCUT2D eigenvalue weighted by Gasteiger charge is -2.12. The minimum atomic E-state index is -0.245. The maximum atomic E-state index is 13.5. The Labute approximate surface area is 141 Å². The molecule has 0 atom stereocenters. The van der Waals surface area contributed by atoms with Crippen LogP contribution in [-0.4, -0.2) is 11.5 Å². The molecule has 0 aliphatic rings. The van der Waals surface area contributed by atoms with Crippen molar-refractivity contribution in [1.82, 2.24) is 10.3 Å². The van der Waals surface area contributed by atoms with E-state index in [1.165, 1.54) is 12.1 Å². The van der Waals surface area contributed by atoms with Gasteiger partial charge in [-0.3, -0.25) is 0 Å². The van der Waals surface area contributed by atoms with Gasteiger partial charge in [0, 0.05) is 18.1 Å². The molecule has 0 bridgehead atoms. The Hall–Kier alpha value is -2.46. The fraction of sp³-hybridized carbons (Fsp3) is 0.250. The van der Waals surface area contributed by atoms with Crippen LogP contribution in [-0.2, 0) is 6.54 Å². The number of benzene rings is 2. The molecule has 0 saturated carbocycles. The van der Waals surface area contributed by atoms with E-state index in [1.807, 2.05) is 30.5 Å². The number of nitrogen functional groups attached to an aromatic ring is 1. The molecule has 0 spiro atoms. The zero-order valence-electron chi connectivity index (χ0n) is 14.0. The standard InChI is InChI=1S/C20H22FN3/c1-13(2)10-23-11-16-12-24-20(22)19-9-15(6-7-18(16)19)14-4-3-5-17(21)8-14/h3-9,12-13,23H,10-11H2,1-2H3,(H2,22,24). The van der Waals surface area contributed by atoms with Gasteiger partial charge in [-0.15, -0.1) is 0 Å². The maximum absolute atomic E-state index is 13.5. The largest absolute Gasteiger partial charge is 0.383 e. The van der Waals surface area contributed by atoms with Gasteiger partial charge in [-0.25, -0.2) is 9.37 Å². The van der Waals surface area contributed by atoms with Crippen molar-refractivity contribution in [2.24, 2.45) is 5.92 Å². The van der Waals surface area contributed by atoms with Crippen LogP contribution in [0, 0.1) is 11.7 Å². The van der Waals surface area contributed by atoms with Gasteiger partial charge in [-0.2, -0.15) is 0 Å². The molecule has 0 aliphatic carbocycles. The van der Waals surface area contributed by atoms with E-state index in [4.69, 9.17) is 5.73 Å². The number of fused-ring (bicyclic) bond motifs is 1. The molecule has 3 N–H and O–H groups in total. The van der Waals surface area contributed by atoms with Crippen LogP contribution in [0.2, 0.25) is 0 Å². The van der Waals surface area contributed by atoms with Crippen LogP contribution in [0.3, 0.4) is 0 Å². The van der Waals surface area contributed by atoms with E-state index in [0.717, 1.165) is 40.6 Å². The summed E-state index contributed by atoms with van der Waals surface area (Å²) >= 11 is 0. The molecule has 0 amide bonds. The average Bonchev–Trinajstić information content (AvgIpc) is 2.56. The Morgan fingerprint density at radius 2 is 1.88 bits per heavy atom. The Balaban J connectivity index is 1.99. The molecule has 24 heavy (non-hydrogen) atoms. The number of rotatable bonds is 5. The number of nitrogens with zero attached hydrogens (tertiary/aromatic N) is 1. The SMILES string of the molecule is CC(C)CNCc1cnc(N)c2cc(-c3cccc(F)c3)ccc12. The molecule has 0 saturated heterocycles. The van der Waals surface area contributed by atoms with Crippen molar-refractivity contribution in [3.05, 3.63) is 60.0 Å². The zero-order chi connectivity index (χ0) is 17.1. The number of aromatic nitrogens is 1. The van der Waals surface area contributed by atoms with Crippen LogP contribution in [0.1, 0.15) is 19.4 Å². The lowest BCUT2D eigenvalue weighted by Crippen LogP contribution is -2.19. The molecule has 2 aromatic carbocycles. The molecular weight excluding hydrogens is 301 g/mol. The molecule has 3 rings (SSSR count). The average molecular weight is 323 g/mol. The van der Waals surface area contributed by atoms with Gasteiger partial charge < -0.3 is 11.1 Å². The van der Waals surface area contributed by atoms with Crippen molar-refractivity contribution in [2.75, 3.05) is 12.3 Å². The predicted molar refractivity (Wildman–Crippen MR) is 98.1 cm³/mol. The van der Waals surface area contributed by atoms with Gasteiger partial charge in [0.25, 0.3) is 0 Å². The van der Waals surface area contributed by atoms with Crippen molar-refractivity contribution in [1.29, 1.82) is 0 Å². The van der Waals surface area contributed by atoms with Gasteiger partial charge in [0.1, 0.15) is 11.6 Å². The van der Waals surface area contributed by atoms with Crippen LogP contribution in [0.25, 0.3) is 21.9 Å². The highest BCUT2D eigenvalue weighted by Crippen LogP contribution is 2.29. The molecule has 3 aromatic rings. The number of pyridine rings is 1. The molecule has 0 fully saturated rings. The summed E-state index contributed by atoms with van der Waals surface area (Å²) in [7, 11) is 0. The molecule has 124 valence electrons. The van der Waals surface area contributed by atoms with Crippen LogP contribution >= 0.6 is 0 Å². The normalized spacial score (nSPS) is 11.3. The molecule has 0 aliphatic heterocycles. The lowest BCUT2D eigenvalue weighted by molar-refractivity contribution is 0.553. The minimum Gasteiger partial charge on any atom is -0.383 e. The van der Waals surface area contributed by atoms with E-state index < -0.39 is 0 Å². The van der Waals surface area contributed by atoms with Gasteiger partial charge in [0.2, 0.25) is 0 Å². The summed E-state index contributed by atoms with van der Waals surface area (Å²) in [6, 6.07) is 12.6. The fourth-order valence-corrected chi connectivity index (χ4v) is 2.81. The number of anilines is 1. The molecule has 3 nitrogen and oxygen atoms in total.